The van der Waals surface area contributed by atoms with E-state index in [1.54, 1.807) is 4.90 Å². The fraction of sp³-hybridized carbons (Fsp3) is 0.654. The summed E-state index contributed by atoms with van der Waals surface area (Å²) in [5, 5.41) is 14.4. The maximum atomic E-state index is 15.0. The number of carbonyl (C=O) groups excluding carboxylic acids is 2. The lowest BCUT2D eigenvalue weighted by Gasteiger charge is -2.54. The highest BCUT2D eigenvalue weighted by molar-refractivity contribution is 5.88. The lowest BCUT2D eigenvalue weighted by molar-refractivity contribution is -0.126. The van der Waals surface area contributed by atoms with Crippen molar-refractivity contribution >= 4 is 11.9 Å². The summed E-state index contributed by atoms with van der Waals surface area (Å²) in [4.78, 5) is 30.0. The van der Waals surface area contributed by atoms with Gasteiger partial charge in [0.25, 0.3) is 5.92 Å². The van der Waals surface area contributed by atoms with Crippen LogP contribution in [0.1, 0.15) is 50.5 Å². The molecule has 1 aromatic rings. The van der Waals surface area contributed by atoms with Crippen molar-refractivity contribution in [2.75, 3.05) is 26.2 Å². The molecule has 2 saturated carbocycles. The van der Waals surface area contributed by atoms with Gasteiger partial charge in [0.05, 0.1) is 6.07 Å². The molecule has 1 unspecified atom stereocenters. The van der Waals surface area contributed by atoms with Crippen LogP contribution in [0.4, 0.5) is 18.0 Å². The number of hydrogen-bond acceptors (Lipinski definition) is 4. The number of benzene rings is 1. The third-order valence-electron chi connectivity index (χ3n) is 8.08. The SMILES string of the molecule is N#CC1(NC(=O)C(CC(F)(F)Cc2ccc(F)cc2)NC(=O)N2CC3(CCN(C4CC4)CC3)C2)CC1. The summed E-state index contributed by atoms with van der Waals surface area (Å²) < 4.78 is 43.1. The van der Waals surface area contributed by atoms with Gasteiger partial charge < -0.3 is 20.4 Å². The molecule has 2 saturated heterocycles. The fourth-order valence-electron chi connectivity index (χ4n) is 5.46. The van der Waals surface area contributed by atoms with Gasteiger partial charge in [-0.15, -0.1) is 0 Å². The standard InChI is InChI=1S/C26H32F3N5O2/c27-19-3-1-18(2-4-19)13-26(28,29)14-21(22(35)32-25(15-30)7-8-25)31-23(36)34-16-24(17-34)9-11-33(12-10-24)20-5-6-20/h1-4,20-21H,5-14,16-17H2,(H,31,36)(H,32,35). The summed E-state index contributed by atoms with van der Waals surface area (Å²) in [5.41, 5.74) is -0.737. The quantitative estimate of drug-likeness (QED) is 0.570. The van der Waals surface area contributed by atoms with E-state index in [2.05, 4.69) is 15.5 Å². The van der Waals surface area contributed by atoms with Gasteiger partial charge in [-0.25, -0.2) is 18.0 Å². The molecule has 0 bridgehead atoms. The molecule has 3 amide bonds. The van der Waals surface area contributed by atoms with Gasteiger partial charge in [0.15, 0.2) is 0 Å². The Labute approximate surface area is 209 Å². The lowest BCUT2D eigenvalue weighted by atomic mass is 9.72. The number of halogens is 3. The molecule has 2 aliphatic heterocycles. The molecule has 2 heterocycles. The third-order valence-corrected chi connectivity index (χ3v) is 8.08. The molecule has 1 spiro atoms. The van der Waals surface area contributed by atoms with Crippen LogP contribution in [-0.4, -0.2) is 71.5 Å². The summed E-state index contributed by atoms with van der Waals surface area (Å²) in [5.74, 6) is -4.64. The Morgan fingerprint density at radius 3 is 2.31 bits per heavy atom. The second-order valence-corrected chi connectivity index (χ2v) is 11.2. The van der Waals surface area contributed by atoms with E-state index < -0.39 is 48.1 Å². The van der Waals surface area contributed by atoms with Crippen LogP contribution < -0.4 is 10.6 Å². The molecular weight excluding hydrogens is 471 g/mol. The molecule has 5 rings (SSSR count). The number of rotatable bonds is 8. The van der Waals surface area contributed by atoms with E-state index in [9.17, 15) is 28.0 Å². The number of urea groups is 1. The minimum atomic E-state index is -3.33. The van der Waals surface area contributed by atoms with E-state index in [0.29, 0.717) is 25.9 Å². The Kier molecular flexibility index (Phi) is 6.39. The van der Waals surface area contributed by atoms with Gasteiger partial charge in [-0.3, -0.25) is 4.79 Å². The first-order valence-electron chi connectivity index (χ1n) is 12.8. The highest BCUT2D eigenvalue weighted by atomic mass is 19.3. The highest BCUT2D eigenvalue weighted by Crippen LogP contribution is 2.43. The molecule has 2 aliphatic carbocycles. The number of likely N-dealkylation sites (tertiary alicyclic amines) is 2. The number of amides is 3. The second-order valence-electron chi connectivity index (χ2n) is 11.2. The van der Waals surface area contributed by atoms with Crippen molar-refractivity contribution < 1.29 is 22.8 Å². The van der Waals surface area contributed by atoms with Gasteiger partial charge in [-0.05, 0) is 69.3 Å². The van der Waals surface area contributed by atoms with E-state index in [1.165, 1.54) is 25.0 Å². The van der Waals surface area contributed by atoms with Crippen LogP contribution in [0.2, 0.25) is 0 Å². The van der Waals surface area contributed by atoms with Gasteiger partial charge >= 0.3 is 6.03 Å². The summed E-state index contributed by atoms with van der Waals surface area (Å²) in [6, 6.07) is 5.48. The van der Waals surface area contributed by atoms with Crippen molar-refractivity contribution in [3.63, 3.8) is 0 Å². The first-order valence-corrected chi connectivity index (χ1v) is 12.8. The zero-order chi connectivity index (χ0) is 25.6. The van der Waals surface area contributed by atoms with Gasteiger partial charge in [-0.2, -0.15) is 5.26 Å². The summed E-state index contributed by atoms with van der Waals surface area (Å²) in [6.07, 6.45) is 3.85. The van der Waals surface area contributed by atoms with E-state index >= 15 is 0 Å². The van der Waals surface area contributed by atoms with E-state index in [-0.39, 0.29) is 11.0 Å². The van der Waals surface area contributed by atoms with Crippen LogP contribution in [0.25, 0.3) is 0 Å². The average molecular weight is 504 g/mol. The predicted molar refractivity (Wildman–Crippen MR) is 126 cm³/mol. The Morgan fingerprint density at radius 1 is 1.11 bits per heavy atom. The molecule has 1 aromatic carbocycles. The second kappa shape index (κ2) is 9.25. The van der Waals surface area contributed by atoms with Crippen molar-refractivity contribution in [1.82, 2.24) is 20.4 Å². The molecule has 1 atom stereocenters. The van der Waals surface area contributed by atoms with Gasteiger partial charge in [-0.1, -0.05) is 12.1 Å². The number of carbonyl (C=O) groups is 2. The topological polar surface area (TPSA) is 88.5 Å². The first-order chi connectivity index (χ1) is 17.1. The number of nitrogens with one attached hydrogen (secondary N) is 2. The Morgan fingerprint density at radius 2 is 1.75 bits per heavy atom. The van der Waals surface area contributed by atoms with Crippen LogP contribution in [0.5, 0.6) is 0 Å². The van der Waals surface area contributed by atoms with Gasteiger partial charge in [0.1, 0.15) is 17.4 Å². The van der Waals surface area contributed by atoms with Crippen molar-refractivity contribution in [2.45, 2.75) is 74.9 Å². The summed E-state index contributed by atoms with van der Waals surface area (Å²) in [6.45, 7) is 3.16. The zero-order valence-electron chi connectivity index (χ0n) is 20.2. The molecule has 2 N–H and O–H groups in total. The number of alkyl halides is 2. The van der Waals surface area contributed by atoms with Crippen molar-refractivity contribution in [3.8, 4) is 6.07 Å². The predicted octanol–water partition coefficient (Wildman–Crippen LogP) is 3.20. The maximum absolute atomic E-state index is 15.0. The lowest BCUT2D eigenvalue weighted by Crippen LogP contribution is -2.65. The number of piperidine rings is 1. The molecule has 10 heteroatoms. The summed E-state index contributed by atoms with van der Waals surface area (Å²) in [7, 11) is 0. The zero-order valence-corrected chi connectivity index (χ0v) is 20.2. The Hall–Kier alpha value is -2.80. The molecule has 4 aliphatic rings. The van der Waals surface area contributed by atoms with Crippen molar-refractivity contribution in [1.29, 1.82) is 5.26 Å². The fourth-order valence-corrected chi connectivity index (χ4v) is 5.46. The largest absolute Gasteiger partial charge is 0.336 e. The number of nitrogens with zero attached hydrogens (tertiary/aromatic N) is 3. The number of hydrogen-bond donors (Lipinski definition) is 2. The van der Waals surface area contributed by atoms with Crippen LogP contribution in [-0.2, 0) is 11.2 Å². The van der Waals surface area contributed by atoms with Crippen molar-refractivity contribution in [2.24, 2.45) is 5.41 Å². The Balaban J connectivity index is 1.20. The van der Waals surface area contributed by atoms with Crippen molar-refractivity contribution in [3.05, 3.63) is 35.6 Å². The normalized spacial score (nSPS) is 23.3. The minimum absolute atomic E-state index is 0.0753. The molecule has 0 aromatic heterocycles. The number of nitriles is 1. The molecule has 36 heavy (non-hydrogen) atoms. The first kappa shape index (κ1) is 24.9. The van der Waals surface area contributed by atoms with Crippen LogP contribution in [0.15, 0.2) is 24.3 Å². The maximum Gasteiger partial charge on any atom is 0.318 e. The minimum Gasteiger partial charge on any atom is -0.336 e. The summed E-state index contributed by atoms with van der Waals surface area (Å²) >= 11 is 0. The van der Waals surface area contributed by atoms with Gasteiger partial charge in [0, 0.05) is 37.4 Å². The molecule has 0 radical (unpaired) electrons. The van der Waals surface area contributed by atoms with Gasteiger partial charge in [0.2, 0.25) is 5.91 Å². The third kappa shape index (κ3) is 5.61. The molecule has 7 nitrogen and oxygen atoms in total. The van der Waals surface area contributed by atoms with E-state index in [0.717, 1.165) is 44.1 Å². The molecular formula is C26H32F3N5O2. The highest BCUT2D eigenvalue weighted by Gasteiger charge is 2.50. The average Bonchev–Trinajstić information content (AvgIpc) is 3.74. The molecule has 194 valence electrons. The van der Waals surface area contributed by atoms with E-state index in [1.807, 2.05) is 6.07 Å². The van der Waals surface area contributed by atoms with Crippen LogP contribution in [0.3, 0.4) is 0 Å². The monoisotopic (exact) mass is 503 g/mol. The van der Waals surface area contributed by atoms with E-state index in [4.69, 9.17) is 0 Å². The molecule has 4 fully saturated rings. The smallest absolute Gasteiger partial charge is 0.318 e. The van der Waals surface area contributed by atoms with Crippen LogP contribution >= 0.6 is 0 Å². The Bertz CT molecular complexity index is 1030. The van der Waals surface area contributed by atoms with Crippen LogP contribution in [0, 0.1) is 22.6 Å².